The third kappa shape index (κ3) is 5.45. The molecular weight excluding hydrogens is 603 g/mol. The van der Waals surface area contributed by atoms with E-state index >= 15 is 0 Å². The van der Waals surface area contributed by atoms with Crippen LogP contribution in [0, 0.1) is 12.8 Å². The molecular formula is C30H22F3N3O5S2. The van der Waals surface area contributed by atoms with E-state index in [9.17, 15) is 32.3 Å². The van der Waals surface area contributed by atoms with Gasteiger partial charge in [0.05, 0.1) is 22.2 Å². The van der Waals surface area contributed by atoms with Crippen molar-refractivity contribution in [3.63, 3.8) is 0 Å². The van der Waals surface area contributed by atoms with E-state index in [-0.39, 0.29) is 17.4 Å². The Morgan fingerprint density at radius 1 is 0.977 bits per heavy atom. The zero-order chi connectivity index (χ0) is 30.5. The monoisotopic (exact) mass is 625 g/mol. The van der Waals surface area contributed by atoms with Crippen LogP contribution in [-0.2, 0) is 20.6 Å². The fourth-order valence-corrected chi connectivity index (χ4v) is 7.79. The van der Waals surface area contributed by atoms with Gasteiger partial charge in [-0.05, 0) is 48.9 Å². The first-order valence-corrected chi connectivity index (χ1v) is 14.7. The fraction of sp³-hybridized carbons (Fsp3) is 0.200. The van der Waals surface area contributed by atoms with Crippen molar-refractivity contribution in [1.82, 2.24) is 4.98 Å². The molecule has 1 fully saturated rings. The summed E-state index contributed by atoms with van der Waals surface area (Å²) < 4.78 is 47.1. The number of fused-ring (bicyclic) bond motifs is 2. The number of halogens is 3. The topological polar surface area (TPSA) is 109 Å². The molecule has 3 aromatic carbocycles. The summed E-state index contributed by atoms with van der Waals surface area (Å²) in [5.41, 5.74) is 0.633. The molecule has 220 valence electrons. The first kappa shape index (κ1) is 28.7. The van der Waals surface area contributed by atoms with Crippen molar-refractivity contribution in [1.29, 1.82) is 0 Å². The summed E-state index contributed by atoms with van der Waals surface area (Å²) in [6, 6.07) is 18.3. The van der Waals surface area contributed by atoms with Crippen LogP contribution in [0.1, 0.15) is 27.5 Å². The standard InChI is InChI=1S/C30H22F3N3O5S2/c1-15-6-10-17(11-7-15)34-21(37)14-41-18-12-8-16(9-13-18)22-23-25(42-26-24(22)43-29(40)35-26)28(39)36(27(23)38)20-5-3-2-4-19(20)30(31,32)33/h2-13,22-23,25H,14H2,1H3,(H,34,37)(H,35,40)/t22-,23-,25+/m0/s1. The van der Waals surface area contributed by atoms with Crippen molar-refractivity contribution >= 4 is 52.2 Å². The second-order valence-electron chi connectivity index (χ2n) is 10.0. The van der Waals surface area contributed by atoms with Crippen LogP contribution in [0.3, 0.4) is 0 Å². The quantitative estimate of drug-likeness (QED) is 0.271. The number of carbonyl (C=O) groups excluding carboxylic acids is 3. The molecule has 0 aliphatic carbocycles. The van der Waals surface area contributed by atoms with Gasteiger partial charge in [-0.15, -0.1) is 0 Å². The number of para-hydroxylation sites is 1. The van der Waals surface area contributed by atoms with Gasteiger partial charge in [-0.2, -0.15) is 13.2 Å². The lowest BCUT2D eigenvalue weighted by atomic mass is 9.83. The van der Waals surface area contributed by atoms with Gasteiger partial charge in [0.1, 0.15) is 11.0 Å². The Morgan fingerprint density at radius 2 is 1.67 bits per heavy atom. The molecule has 6 rings (SSSR count). The fourth-order valence-electron chi connectivity index (χ4n) is 5.28. The highest BCUT2D eigenvalue weighted by Gasteiger charge is 2.57. The number of thiazole rings is 1. The molecule has 2 aliphatic heterocycles. The summed E-state index contributed by atoms with van der Waals surface area (Å²) in [5.74, 6) is -3.38. The number of rotatable bonds is 6. The highest BCUT2D eigenvalue weighted by molar-refractivity contribution is 8.00. The molecule has 2 N–H and O–H groups in total. The number of anilines is 2. The summed E-state index contributed by atoms with van der Waals surface area (Å²) in [6.07, 6.45) is -4.78. The Morgan fingerprint density at radius 3 is 2.37 bits per heavy atom. The molecule has 3 amide bonds. The number of thioether (sulfide) groups is 1. The van der Waals surface area contributed by atoms with E-state index in [0.717, 1.165) is 40.8 Å². The Bertz CT molecular complexity index is 1780. The van der Waals surface area contributed by atoms with E-state index in [1.54, 1.807) is 36.4 Å². The van der Waals surface area contributed by atoms with Crippen LogP contribution >= 0.6 is 23.1 Å². The van der Waals surface area contributed by atoms with Crippen LogP contribution in [0.5, 0.6) is 5.75 Å². The van der Waals surface area contributed by atoms with Gasteiger partial charge in [-0.25, -0.2) is 4.90 Å². The van der Waals surface area contributed by atoms with Gasteiger partial charge < -0.3 is 15.0 Å². The smallest absolute Gasteiger partial charge is 0.418 e. The number of hydrogen-bond donors (Lipinski definition) is 2. The number of nitrogens with zero attached hydrogens (tertiary/aromatic N) is 1. The Kier molecular flexibility index (Phi) is 7.38. The normalized spacial score (nSPS) is 19.6. The minimum atomic E-state index is -4.78. The molecule has 3 atom stereocenters. The molecule has 43 heavy (non-hydrogen) atoms. The van der Waals surface area contributed by atoms with Gasteiger partial charge >= 0.3 is 11.0 Å². The minimum absolute atomic E-state index is 0.262. The number of aromatic amines is 1. The molecule has 3 heterocycles. The summed E-state index contributed by atoms with van der Waals surface area (Å²) in [5, 5.41) is 2.10. The van der Waals surface area contributed by atoms with E-state index in [2.05, 4.69) is 10.3 Å². The van der Waals surface area contributed by atoms with Gasteiger partial charge in [-0.1, -0.05) is 65.1 Å². The van der Waals surface area contributed by atoms with E-state index in [0.29, 0.717) is 31.8 Å². The van der Waals surface area contributed by atoms with E-state index in [1.165, 1.54) is 12.1 Å². The van der Waals surface area contributed by atoms with Gasteiger partial charge in [0.25, 0.3) is 5.91 Å². The number of ether oxygens (including phenoxy) is 1. The van der Waals surface area contributed by atoms with E-state index in [1.807, 2.05) is 19.1 Å². The molecule has 0 saturated carbocycles. The lowest BCUT2D eigenvalue weighted by molar-refractivity contribution is -0.137. The van der Waals surface area contributed by atoms with E-state index in [4.69, 9.17) is 4.74 Å². The average molecular weight is 626 g/mol. The number of alkyl halides is 3. The second kappa shape index (κ2) is 11.0. The predicted octanol–water partition coefficient (Wildman–Crippen LogP) is 5.58. The first-order chi connectivity index (χ1) is 20.5. The molecule has 0 spiro atoms. The SMILES string of the molecule is Cc1ccc(NC(=O)COc2ccc([C@@H]3c4sc(=O)[nH]c4S[C@H]4C(=O)N(c5ccccc5C(F)(F)F)C(=O)[C@@H]34)cc2)cc1. The molecule has 0 radical (unpaired) electrons. The van der Waals surface area contributed by atoms with Crippen LogP contribution in [-0.4, -0.2) is 34.6 Å². The molecule has 1 saturated heterocycles. The van der Waals surface area contributed by atoms with Crippen LogP contribution in [0.25, 0.3) is 0 Å². The molecule has 2 aliphatic rings. The largest absolute Gasteiger partial charge is 0.484 e. The molecule has 13 heteroatoms. The summed E-state index contributed by atoms with van der Waals surface area (Å²) >= 11 is 1.87. The van der Waals surface area contributed by atoms with Gasteiger partial charge in [0.15, 0.2) is 6.61 Å². The Balaban J connectivity index is 1.27. The number of aromatic nitrogens is 1. The van der Waals surface area contributed by atoms with Crippen molar-refractivity contribution in [3.8, 4) is 5.75 Å². The van der Waals surface area contributed by atoms with Crippen LogP contribution in [0.4, 0.5) is 24.5 Å². The predicted molar refractivity (Wildman–Crippen MR) is 156 cm³/mol. The van der Waals surface area contributed by atoms with Crippen LogP contribution in [0.15, 0.2) is 82.6 Å². The van der Waals surface area contributed by atoms with Crippen molar-refractivity contribution in [2.45, 2.75) is 29.3 Å². The molecule has 8 nitrogen and oxygen atoms in total. The first-order valence-electron chi connectivity index (χ1n) is 13.0. The van der Waals surface area contributed by atoms with Gasteiger partial charge in [-0.3, -0.25) is 19.2 Å². The third-order valence-corrected chi connectivity index (χ3v) is 9.62. The lowest BCUT2D eigenvalue weighted by Gasteiger charge is -2.29. The minimum Gasteiger partial charge on any atom is -0.484 e. The lowest BCUT2D eigenvalue weighted by Crippen LogP contribution is -2.33. The Labute approximate surface area is 250 Å². The maximum Gasteiger partial charge on any atom is 0.418 e. The number of imide groups is 1. The number of carbonyl (C=O) groups is 3. The van der Waals surface area contributed by atoms with Crippen molar-refractivity contribution in [2.24, 2.45) is 5.92 Å². The average Bonchev–Trinajstić information content (AvgIpc) is 3.47. The maximum absolute atomic E-state index is 13.8. The molecule has 4 aromatic rings. The number of amides is 3. The van der Waals surface area contributed by atoms with Gasteiger partial charge in [0.2, 0.25) is 11.8 Å². The zero-order valence-corrected chi connectivity index (χ0v) is 23.9. The summed E-state index contributed by atoms with van der Waals surface area (Å²) in [6.45, 7) is 1.67. The summed E-state index contributed by atoms with van der Waals surface area (Å²) in [4.78, 5) is 55.5. The van der Waals surface area contributed by atoms with Crippen molar-refractivity contribution < 1.29 is 32.3 Å². The second-order valence-corrected chi connectivity index (χ2v) is 12.2. The number of aryl methyl sites for hydroxylation is 1. The molecule has 0 unspecified atom stereocenters. The van der Waals surface area contributed by atoms with E-state index < -0.39 is 46.3 Å². The van der Waals surface area contributed by atoms with Gasteiger partial charge in [0, 0.05) is 16.5 Å². The molecule has 1 aromatic heterocycles. The highest BCUT2D eigenvalue weighted by atomic mass is 32.2. The Hall–Kier alpha value is -4.36. The number of benzene rings is 3. The van der Waals surface area contributed by atoms with Crippen LogP contribution in [0.2, 0.25) is 0 Å². The van der Waals surface area contributed by atoms with Crippen molar-refractivity contribution in [3.05, 3.63) is 104 Å². The number of H-pyrrole nitrogens is 1. The van der Waals surface area contributed by atoms with Crippen molar-refractivity contribution in [2.75, 3.05) is 16.8 Å². The number of hydrogen-bond acceptors (Lipinski definition) is 7. The third-order valence-electron chi connectivity index (χ3n) is 7.22. The van der Waals surface area contributed by atoms with Crippen LogP contribution < -0.4 is 19.8 Å². The zero-order valence-electron chi connectivity index (χ0n) is 22.3. The summed E-state index contributed by atoms with van der Waals surface area (Å²) in [7, 11) is 0. The molecule has 0 bridgehead atoms. The maximum atomic E-state index is 13.8. The number of nitrogens with one attached hydrogen (secondary N) is 2. The highest BCUT2D eigenvalue weighted by Crippen LogP contribution is 2.54.